The molecule has 2 aliphatic rings. The summed E-state index contributed by atoms with van der Waals surface area (Å²) in [6.45, 7) is 4.11. The molecule has 0 bridgehead atoms. The highest BCUT2D eigenvalue weighted by Crippen LogP contribution is 2.30. The van der Waals surface area contributed by atoms with E-state index in [0.29, 0.717) is 6.04 Å². The fraction of sp³-hybridized carbons (Fsp3) is 0.625. The maximum Gasteiger partial charge on any atom is 0.122 e. The van der Waals surface area contributed by atoms with E-state index in [1.807, 2.05) is 0 Å². The van der Waals surface area contributed by atoms with E-state index < -0.39 is 0 Å². The third kappa shape index (κ3) is 3.09. The average molecular weight is 277 g/mol. The van der Waals surface area contributed by atoms with Crippen molar-refractivity contribution in [3.8, 4) is 5.75 Å². The van der Waals surface area contributed by atoms with Gasteiger partial charge < -0.3 is 10.1 Å². The Morgan fingerprint density at radius 2 is 2.32 bits per heavy atom. The summed E-state index contributed by atoms with van der Waals surface area (Å²) >= 11 is 2.12. The van der Waals surface area contributed by atoms with E-state index in [1.165, 1.54) is 36.1 Å². The lowest BCUT2D eigenvalue weighted by atomic mass is 10.1. The fourth-order valence-electron chi connectivity index (χ4n) is 3.17. The van der Waals surface area contributed by atoms with Gasteiger partial charge in [-0.05, 0) is 35.8 Å². The van der Waals surface area contributed by atoms with Gasteiger partial charge in [0.15, 0.2) is 0 Å². The van der Waals surface area contributed by atoms with Crippen LogP contribution in [0.5, 0.6) is 5.75 Å². The van der Waals surface area contributed by atoms with Crippen molar-refractivity contribution in [2.24, 2.45) is 0 Å². The normalized spacial score (nSPS) is 25.3. The molecule has 1 saturated carbocycles. The number of thioether (sulfide) groups is 1. The van der Waals surface area contributed by atoms with Crippen LogP contribution in [0.3, 0.4) is 0 Å². The van der Waals surface area contributed by atoms with E-state index in [0.717, 1.165) is 30.6 Å². The largest absolute Gasteiger partial charge is 0.493 e. The lowest BCUT2D eigenvalue weighted by molar-refractivity contribution is 0.357. The smallest absolute Gasteiger partial charge is 0.122 e. The van der Waals surface area contributed by atoms with Crippen molar-refractivity contribution in [2.45, 2.75) is 50.4 Å². The van der Waals surface area contributed by atoms with Gasteiger partial charge in [0.2, 0.25) is 0 Å². The maximum absolute atomic E-state index is 5.56. The van der Waals surface area contributed by atoms with Crippen LogP contribution >= 0.6 is 11.8 Å². The summed E-state index contributed by atoms with van der Waals surface area (Å²) in [6.07, 6.45) is 5.17. The van der Waals surface area contributed by atoms with Gasteiger partial charge in [-0.25, -0.2) is 0 Å². The molecule has 1 aliphatic carbocycles. The van der Waals surface area contributed by atoms with Crippen LogP contribution in [0.2, 0.25) is 0 Å². The minimum absolute atomic E-state index is 0.703. The molecule has 1 aromatic rings. The SMILES string of the molecule is CCSC1CCCC1NCc1ccc2c(c1)CCO2. The second-order valence-electron chi connectivity index (χ2n) is 5.45. The molecule has 2 unspecified atom stereocenters. The molecule has 1 aliphatic heterocycles. The van der Waals surface area contributed by atoms with Crippen LogP contribution in [0, 0.1) is 0 Å². The van der Waals surface area contributed by atoms with Crippen molar-refractivity contribution in [1.82, 2.24) is 5.32 Å². The van der Waals surface area contributed by atoms with Gasteiger partial charge in [-0.15, -0.1) is 0 Å². The van der Waals surface area contributed by atoms with Gasteiger partial charge in [-0.1, -0.05) is 25.5 Å². The van der Waals surface area contributed by atoms with Crippen LogP contribution in [0.1, 0.15) is 37.3 Å². The number of hydrogen-bond acceptors (Lipinski definition) is 3. The van der Waals surface area contributed by atoms with E-state index in [1.54, 1.807) is 0 Å². The fourth-order valence-corrected chi connectivity index (χ4v) is 4.40. The Kier molecular flexibility index (Phi) is 4.34. The van der Waals surface area contributed by atoms with E-state index in [4.69, 9.17) is 4.74 Å². The summed E-state index contributed by atoms with van der Waals surface area (Å²) in [5, 5.41) is 4.58. The van der Waals surface area contributed by atoms with Gasteiger partial charge in [-0.2, -0.15) is 11.8 Å². The predicted molar refractivity (Wildman–Crippen MR) is 82.0 cm³/mol. The Labute approximate surface area is 120 Å². The molecule has 1 aromatic carbocycles. The lowest BCUT2D eigenvalue weighted by Crippen LogP contribution is -2.33. The summed E-state index contributed by atoms with van der Waals surface area (Å²) < 4.78 is 5.56. The Bertz CT molecular complexity index is 435. The second-order valence-corrected chi connectivity index (χ2v) is 6.97. The zero-order valence-electron chi connectivity index (χ0n) is 11.7. The van der Waals surface area contributed by atoms with Crippen molar-refractivity contribution in [1.29, 1.82) is 0 Å². The third-order valence-corrected chi connectivity index (χ3v) is 5.48. The molecule has 0 aromatic heterocycles. The molecule has 0 amide bonds. The van der Waals surface area contributed by atoms with Crippen LogP contribution in [0.15, 0.2) is 18.2 Å². The molecule has 2 nitrogen and oxygen atoms in total. The molecular formula is C16H23NOS. The number of hydrogen-bond donors (Lipinski definition) is 1. The third-order valence-electron chi connectivity index (χ3n) is 4.16. The molecule has 104 valence electrons. The number of nitrogens with one attached hydrogen (secondary N) is 1. The zero-order chi connectivity index (χ0) is 13.1. The van der Waals surface area contributed by atoms with Crippen LogP contribution < -0.4 is 10.1 Å². The van der Waals surface area contributed by atoms with E-state index >= 15 is 0 Å². The molecule has 0 radical (unpaired) electrons. The highest BCUT2D eigenvalue weighted by atomic mass is 32.2. The molecule has 0 spiro atoms. The quantitative estimate of drug-likeness (QED) is 0.891. The second kappa shape index (κ2) is 6.19. The van der Waals surface area contributed by atoms with Crippen LogP contribution in [-0.4, -0.2) is 23.7 Å². The van der Waals surface area contributed by atoms with Gasteiger partial charge in [-0.3, -0.25) is 0 Å². The minimum Gasteiger partial charge on any atom is -0.493 e. The van der Waals surface area contributed by atoms with Crippen LogP contribution in [-0.2, 0) is 13.0 Å². The molecule has 1 fully saturated rings. The standard InChI is InChI=1S/C16H23NOS/c1-2-19-16-5-3-4-14(16)17-11-12-6-7-15-13(10-12)8-9-18-15/h6-7,10,14,16-17H,2-5,8-9,11H2,1H3. The van der Waals surface area contributed by atoms with Crippen molar-refractivity contribution < 1.29 is 4.74 Å². The maximum atomic E-state index is 5.56. The highest BCUT2D eigenvalue weighted by Gasteiger charge is 2.26. The summed E-state index contributed by atoms with van der Waals surface area (Å²) in [4.78, 5) is 0. The predicted octanol–water partition coefficient (Wildman–Crippen LogP) is 3.39. The Hall–Kier alpha value is -0.670. The van der Waals surface area contributed by atoms with Gasteiger partial charge in [0.1, 0.15) is 5.75 Å². The van der Waals surface area contributed by atoms with Gasteiger partial charge in [0, 0.05) is 24.3 Å². The molecular weight excluding hydrogens is 254 g/mol. The Morgan fingerprint density at radius 1 is 1.37 bits per heavy atom. The van der Waals surface area contributed by atoms with Crippen molar-refractivity contribution in [3.63, 3.8) is 0 Å². The van der Waals surface area contributed by atoms with Crippen molar-refractivity contribution >= 4 is 11.8 Å². The van der Waals surface area contributed by atoms with E-state index in [9.17, 15) is 0 Å². The monoisotopic (exact) mass is 277 g/mol. The summed E-state index contributed by atoms with van der Waals surface area (Å²) in [6, 6.07) is 7.35. The van der Waals surface area contributed by atoms with E-state index in [-0.39, 0.29) is 0 Å². The topological polar surface area (TPSA) is 21.3 Å². The zero-order valence-corrected chi connectivity index (χ0v) is 12.5. The summed E-state index contributed by atoms with van der Waals surface area (Å²) in [7, 11) is 0. The van der Waals surface area contributed by atoms with Gasteiger partial charge in [0.05, 0.1) is 6.61 Å². The van der Waals surface area contributed by atoms with Gasteiger partial charge >= 0.3 is 0 Å². The molecule has 3 heteroatoms. The summed E-state index contributed by atoms with van der Waals surface area (Å²) in [5.41, 5.74) is 2.78. The van der Waals surface area contributed by atoms with E-state index in [2.05, 4.69) is 42.2 Å². The summed E-state index contributed by atoms with van der Waals surface area (Å²) in [5.74, 6) is 2.32. The van der Waals surface area contributed by atoms with Crippen LogP contribution in [0.25, 0.3) is 0 Å². The minimum atomic E-state index is 0.703. The van der Waals surface area contributed by atoms with Gasteiger partial charge in [0.25, 0.3) is 0 Å². The van der Waals surface area contributed by atoms with Crippen molar-refractivity contribution in [3.05, 3.63) is 29.3 Å². The first-order valence-electron chi connectivity index (χ1n) is 7.46. The number of benzene rings is 1. The Morgan fingerprint density at radius 3 is 3.21 bits per heavy atom. The first-order chi connectivity index (χ1) is 9.36. The molecule has 19 heavy (non-hydrogen) atoms. The molecule has 1 N–H and O–H groups in total. The first kappa shape index (κ1) is 13.3. The molecule has 2 atom stereocenters. The molecule has 0 saturated heterocycles. The lowest BCUT2D eigenvalue weighted by Gasteiger charge is -2.20. The Balaban J connectivity index is 1.57. The average Bonchev–Trinajstić information content (AvgIpc) is 3.05. The molecule has 3 rings (SSSR count). The highest BCUT2D eigenvalue weighted by molar-refractivity contribution is 7.99. The number of rotatable bonds is 5. The number of ether oxygens (including phenoxy) is 1. The number of fused-ring (bicyclic) bond motifs is 1. The van der Waals surface area contributed by atoms with Crippen molar-refractivity contribution in [2.75, 3.05) is 12.4 Å². The first-order valence-corrected chi connectivity index (χ1v) is 8.51. The molecule has 1 heterocycles. The van der Waals surface area contributed by atoms with Crippen LogP contribution in [0.4, 0.5) is 0 Å².